The molecule has 0 saturated carbocycles. The largest absolute Gasteiger partial charge is 0.379 e. The van der Waals surface area contributed by atoms with Crippen molar-refractivity contribution in [3.8, 4) is 0 Å². The lowest BCUT2D eigenvalue weighted by molar-refractivity contribution is 0.0220. The zero-order valence-electron chi connectivity index (χ0n) is 17.4. The van der Waals surface area contributed by atoms with Crippen molar-refractivity contribution in [3.05, 3.63) is 16.1 Å². The molecule has 6 nitrogen and oxygen atoms in total. The first-order chi connectivity index (χ1) is 12.4. The Kier molecular flexibility index (Phi) is 11.1. The number of aliphatic imine (C=N–C) groups is 1. The number of ether oxygens (including phenoxy) is 1. The number of halogens is 1. The third-order valence-electron chi connectivity index (χ3n) is 4.48. The van der Waals surface area contributed by atoms with Crippen molar-refractivity contribution in [2.24, 2.45) is 4.99 Å². The number of nitrogens with one attached hydrogen (secondary N) is 2. The third-order valence-corrected chi connectivity index (χ3v) is 5.39. The average molecular weight is 510 g/mol. The Labute approximate surface area is 185 Å². The summed E-state index contributed by atoms with van der Waals surface area (Å²) in [6, 6.07) is 0.433. The van der Waals surface area contributed by atoms with Gasteiger partial charge in [0.15, 0.2) is 5.96 Å². The Hall–Kier alpha value is -0.450. The van der Waals surface area contributed by atoms with Gasteiger partial charge in [-0.05, 0) is 13.8 Å². The van der Waals surface area contributed by atoms with Crippen LogP contribution in [0.2, 0.25) is 0 Å². The van der Waals surface area contributed by atoms with Crippen molar-refractivity contribution in [1.82, 2.24) is 20.5 Å². The van der Waals surface area contributed by atoms with E-state index in [0.29, 0.717) is 6.04 Å². The van der Waals surface area contributed by atoms with E-state index in [9.17, 15) is 0 Å². The Morgan fingerprint density at radius 2 is 2.04 bits per heavy atom. The summed E-state index contributed by atoms with van der Waals surface area (Å²) in [6.07, 6.45) is 0.921. The van der Waals surface area contributed by atoms with Crippen LogP contribution in [0.5, 0.6) is 0 Å². The molecule has 1 aliphatic rings. The number of hydrogen-bond acceptors (Lipinski definition) is 5. The van der Waals surface area contributed by atoms with Gasteiger partial charge in [-0.15, -0.1) is 35.3 Å². The molecule has 2 N–H and O–H groups in total. The minimum absolute atomic E-state index is 0. The number of aromatic nitrogens is 1. The molecule has 0 radical (unpaired) electrons. The first kappa shape index (κ1) is 24.6. The topological polar surface area (TPSA) is 61.8 Å². The molecular weight excluding hydrogens is 473 g/mol. The maximum Gasteiger partial charge on any atom is 0.191 e. The van der Waals surface area contributed by atoms with Crippen LogP contribution in [0.15, 0.2) is 10.4 Å². The molecular formula is C19H36IN5OS. The molecule has 1 aromatic rings. The van der Waals surface area contributed by atoms with Crippen LogP contribution in [-0.2, 0) is 16.6 Å². The second kappa shape index (κ2) is 12.2. The predicted molar refractivity (Wildman–Crippen MR) is 126 cm³/mol. The predicted octanol–water partition coefficient (Wildman–Crippen LogP) is 2.88. The molecule has 1 unspecified atom stereocenters. The van der Waals surface area contributed by atoms with E-state index in [1.165, 1.54) is 10.7 Å². The summed E-state index contributed by atoms with van der Waals surface area (Å²) in [5, 5.41) is 10.1. The monoisotopic (exact) mass is 509 g/mol. The van der Waals surface area contributed by atoms with Crippen LogP contribution in [0.1, 0.15) is 45.3 Å². The van der Waals surface area contributed by atoms with E-state index >= 15 is 0 Å². The highest BCUT2D eigenvalue weighted by atomic mass is 127. The molecule has 0 bridgehead atoms. The fraction of sp³-hybridized carbons (Fsp3) is 0.789. The summed E-state index contributed by atoms with van der Waals surface area (Å²) in [4.78, 5) is 12.0. The minimum Gasteiger partial charge on any atom is -0.379 e. The van der Waals surface area contributed by atoms with E-state index in [1.54, 1.807) is 11.3 Å². The fourth-order valence-corrected chi connectivity index (χ4v) is 3.78. The average Bonchev–Trinajstić information content (AvgIpc) is 3.09. The number of morpholine rings is 1. The van der Waals surface area contributed by atoms with Gasteiger partial charge < -0.3 is 15.4 Å². The lowest BCUT2D eigenvalue weighted by Gasteiger charge is -2.31. The number of rotatable bonds is 7. The molecule has 1 aromatic heterocycles. The van der Waals surface area contributed by atoms with Crippen LogP contribution in [0.4, 0.5) is 0 Å². The second-order valence-electron chi connectivity index (χ2n) is 7.77. The molecule has 1 atom stereocenters. The highest BCUT2D eigenvalue weighted by Gasteiger charge is 2.18. The van der Waals surface area contributed by atoms with Gasteiger partial charge in [0.25, 0.3) is 0 Å². The Morgan fingerprint density at radius 3 is 2.63 bits per heavy atom. The lowest BCUT2D eigenvalue weighted by atomic mass is 9.93. The van der Waals surface area contributed by atoms with Crippen molar-refractivity contribution < 1.29 is 4.74 Å². The molecule has 0 spiro atoms. The van der Waals surface area contributed by atoms with Gasteiger partial charge in [-0.25, -0.2) is 4.98 Å². The lowest BCUT2D eigenvalue weighted by Crippen LogP contribution is -2.44. The quantitative estimate of drug-likeness (QED) is 0.336. The normalized spacial score (nSPS) is 17.3. The number of nitrogens with zero attached hydrogens (tertiary/aromatic N) is 3. The Morgan fingerprint density at radius 1 is 1.33 bits per heavy atom. The molecule has 2 rings (SSSR count). The smallest absolute Gasteiger partial charge is 0.191 e. The molecule has 1 fully saturated rings. The summed E-state index contributed by atoms with van der Waals surface area (Å²) >= 11 is 1.75. The van der Waals surface area contributed by atoms with E-state index in [-0.39, 0.29) is 29.4 Å². The van der Waals surface area contributed by atoms with Gasteiger partial charge in [0.2, 0.25) is 0 Å². The number of hydrogen-bond donors (Lipinski definition) is 2. The summed E-state index contributed by atoms with van der Waals surface area (Å²) in [5.41, 5.74) is 1.30. The Bertz CT molecular complexity index is 567. The fourth-order valence-electron chi connectivity index (χ4n) is 2.76. The summed E-state index contributed by atoms with van der Waals surface area (Å²) < 4.78 is 5.42. The van der Waals surface area contributed by atoms with Crippen molar-refractivity contribution in [2.75, 3.05) is 45.9 Å². The maximum atomic E-state index is 5.42. The summed E-state index contributed by atoms with van der Waals surface area (Å²) in [5.74, 6) is 0.889. The number of guanidine groups is 1. The molecule has 27 heavy (non-hydrogen) atoms. The van der Waals surface area contributed by atoms with Crippen LogP contribution in [-0.4, -0.2) is 67.8 Å². The first-order valence-corrected chi connectivity index (χ1v) is 10.6. The van der Waals surface area contributed by atoms with Crippen LogP contribution in [0.3, 0.4) is 0 Å². The molecule has 1 aliphatic heterocycles. The highest BCUT2D eigenvalue weighted by molar-refractivity contribution is 14.0. The van der Waals surface area contributed by atoms with E-state index in [0.717, 1.165) is 58.3 Å². The number of thiazole rings is 1. The zero-order chi connectivity index (χ0) is 19.0. The van der Waals surface area contributed by atoms with Crippen LogP contribution in [0, 0.1) is 0 Å². The second-order valence-corrected chi connectivity index (χ2v) is 8.71. The molecule has 0 aromatic carbocycles. The van der Waals surface area contributed by atoms with Crippen molar-refractivity contribution in [2.45, 2.75) is 52.5 Å². The summed E-state index contributed by atoms with van der Waals surface area (Å²) in [6.45, 7) is 17.1. The van der Waals surface area contributed by atoms with E-state index in [1.807, 2.05) is 0 Å². The third kappa shape index (κ3) is 8.62. The van der Waals surface area contributed by atoms with Crippen LogP contribution >= 0.6 is 35.3 Å². The highest BCUT2D eigenvalue weighted by Crippen LogP contribution is 2.23. The standard InChI is InChI=1S/C19H35N5OS.HI/c1-6-20-18(22-13-15(2)24-9-11-25-12-10-24)21-8-7-17-23-16(14-26-17)19(3,4)5;/h14-15H,6-13H2,1-5H3,(H2,20,21,22);1H. The first-order valence-electron chi connectivity index (χ1n) is 9.69. The minimum atomic E-state index is 0. The zero-order valence-corrected chi connectivity index (χ0v) is 20.5. The molecule has 0 amide bonds. The van der Waals surface area contributed by atoms with E-state index < -0.39 is 0 Å². The molecule has 1 saturated heterocycles. The van der Waals surface area contributed by atoms with Crippen molar-refractivity contribution >= 4 is 41.3 Å². The molecule has 8 heteroatoms. The van der Waals surface area contributed by atoms with Gasteiger partial charge >= 0.3 is 0 Å². The Balaban J connectivity index is 0.00000364. The van der Waals surface area contributed by atoms with Gasteiger partial charge in [-0.3, -0.25) is 9.89 Å². The SMILES string of the molecule is CCNC(=NCC(C)N1CCOCC1)NCCc1nc(C(C)(C)C)cs1.I. The van der Waals surface area contributed by atoms with Gasteiger partial charge in [0.1, 0.15) is 0 Å². The van der Waals surface area contributed by atoms with Gasteiger partial charge in [-0.2, -0.15) is 0 Å². The van der Waals surface area contributed by atoms with Crippen molar-refractivity contribution in [3.63, 3.8) is 0 Å². The van der Waals surface area contributed by atoms with Gasteiger partial charge in [-0.1, -0.05) is 20.8 Å². The summed E-state index contributed by atoms with van der Waals surface area (Å²) in [7, 11) is 0. The van der Waals surface area contributed by atoms with E-state index in [4.69, 9.17) is 14.7 Å². The van der Waals surface area contributed by atoms with Gasteiger partial charge in [0, 0.05) is 49.4 Å². The van der Waals surface area contributed by atoms with Gasteiger partial charge in [0.05, 0.1) is 30.5 Å². The van der Waals surface area contributed by atoms with Crippen LogP contribution < -0.4 is 10.6 Å². The molecule has 156 valence electrons. The molecule has 0 aliphatic carbocycles. The maximum absolute atomic E-state index is 5.42. The van der Waals surface area contributed by atoms with E-state index in [2.05, 4.69) is 55.5 Å². The molecule has 2 heterocycles. The van der Waals surface area contributed by atoms with Crippen LogP contribution in [0.25, 0.3) is 0 Å². The van der Waals surface area contributed by atoms with Crippen molar-refractivity contribution in [1.29, 1.82) is 0 Å².